The standard InChI is InChI=1S/C20H27N3OS/c24-15-17-5-3-16(4-6-17)11-18-7-10-22(13-18)14-19-12-21-20(25-19)23-8-1-2-9-23/h3-6,12,18,24H,1-2,7-11,13-15H2/t18-/m1/s1. The maximum atomic E-state index is 9.14. The van der Waals surface area contributed by atoms with Gasteiger partial charge in [-0.2, -0.15) is 0 Å². The Hall–Kier alpha value is -1.43. The lowest BCUT2D eigenvalue weighted by atomic mass is 9.98. The van der Waals surface area contributed by atoms with E-state index in [1.54, 1.807) is 0 Å². The molecule has 2 aliphatic heterocycles. The number of nitrogens with zero attached hydrogens (tertiary/aromatic N) is 3. The Kier molecular flexibility index (Phi) is 5.34. The summed E-state index contributed by atoms with van der Waals surface area (Å²) in [6.45, 7) is 5.90. The molecule has 1 aromatic heterocycles. The summed E-state index contributed by atoms with van der Waals surface area (Å²) < 4.78 is 0. The van der Waals surface area contributed by atoms with E-state index in [2.05, 4.69) is 33.1 Å². The summed E-state index contributed by atoms with van der Waals surface area (Å²) in [5.41, 5.74) is 2.38. The highest BCUT2D eigenvalue weighted by molar-refractivity contribution is 7.15. The van der Waals surface area contributed by atoms with Crippen molar-refractivity contribution in [1.82, 2.24) is 9.88 Å². The van der Waals surface area contributed by atoms with Crippen molar-refractivity contribution in [3.63, 3.8) is 0 Å². The van der Waals surface area contributed by atoms with Crippen molar-refractivity contribution < 1.29 is 5.11 Å². The van der Waals surface area contributed by atoms with Crippen LogP contribution in [0.5, 0.6) is 0 Å². The van der Waals surface area contributed by atoms with Gasteiger partial charge in [-0.25, -0.2) is 4.98 Å². The molecule has 5 heteroatoms. The van der Waals surface area contributed by atoms with Crippen molar-refractivity contribution in [2.45, 2.75) is 38.8 Å². The van der Waals surface area contributed by atoms with Gasteiger partial charge in [0.1, 0.15) is 0 Å². The van der Waals surface area contributed by atoms with Crippen LogP contribution in [-0.4, -0.2) is 41.2 Å². The lowest BCUT2D eigenvalue weighted by Crippen LogP contribution is -2.20. The van der Waals surface area contributed by atoms with E-state index in [0.717, 1.165) is 24.4 Å². The van der Waals surface area contributed by atoms with Crippen LogP contribution >= 0.6 is 11.3 Å². The van der Waals surface area contributed by atoms with Gasteiger partial charge in [0.25, 0.3) is 0 Å². The molecule has 3 heterocycles. The van der Waals surface area contributed by atoms with Crippen molar-refractivity contribution in [3.8, 4) is 0 Å². The zero-order valence-electron chi connectivity index (χ0n) is 14.7. The van der Waals surface area contributed by atoms with E-state index in [0.29, 0.717) is 0 Å². The number of hydrogen-bond acceptors (Lipinski definition) is 5. The van der Waals surface area contributed by atoms with Gasteiger partial charge in [-0.3, -0.25) is 4.90 Å². The van der Waals surface area contributed by atoms with Crippen LogP contribution in [-0.2, 0) is 19.6 Å². The Labute approximate surface area is 154 Å². The topological polar surface area (TPSA) is 39.6 Å². The second-order valence-electron chi connectivity index (χ2n) is 7.37. The van der Waals surface area contributed by atoms with E-state index < -0.39 is 0 Å². The average Bonchev–Trinajstić information content (AvgIpc) is 3.37. The molecule has 1 aromatic carbocycles. The van der Waals surface area contributed by atoms with Crippen LogP contribution in [0.4, 0.5) is 5.13 Å². The highest BCUT2D eigenvalue weighted by Gasteiger charge is 2.24. The summed E-state index contributed by atoms with van der Waals surface area (Å²) in [5.74, 6) is 0.742. The fourth-order valence-electron chi connectivity index (χ4n) is 3.98. The van der Waals surface area contributed by atoms with Crippen molar-refractivity contribution in [2.75, 3.05) is 31.1 Å². The van der Waals surface area contributed by atoms with Gasteiger partial charge in [0.15, 0.2) is 5.13 Å². The zero-order chi connectivity index (χ0) is 17.1. The summed E-state index contributed by atoms with van der Waals surface area (Å²) in [5, 5.41) is 10.4. The Balaban J connectivity index is 1.28. The fraction of sp³-hybridized carbons (Fsp3) is 0.550. The Morgan fingerprint density at radius 1 is 1.08 bits per heavy atom. The van der Waals surface area contributed by atoms with Crippen LogP contribution in [0.15, 0.2) is 30.5 Å². The molecule has 0 radical (unpaired) electrons. The number of rotatable bonds is 6. The maximum absolute atomic E-state index is 9.14. The lowest BCUT2D eigenvalue weighted by Gasteiger charge is -2.15. The zero-order valence-corrected chi connectivity index (χ0v) is 15.5. The second kappa shape index (κ2) is 7.85. The summed E-state index contributed by atoms with van der Waals surface area (Å²) >= 11 is 1.88. The summed E-state index contributed by atoms with van der Waals surface area (Å²) in [7, 11) is 0. The van der Waals surface area contributed by atoms with Crippen molar-refractivity contribution >= 4 is 16.5 Å². The third-order valence-electron chi connectivity index (χ3n) is 5.40. The number of likely N-dealkylation sites (tertiary alicyclic amines) is 1. The first-order valence-electron chi connectivity index (χ1n) is 9.41. The number of hydrogen-bond donors (Lipinski definition) is 1. The lowest BCUT2D eigenvalue weighted by molar-refractivity contribution is 0.282. The van der Waals surface area contributed by atoms with Crippen molar-refractivity contribution in [1.29, 1.82) is 0 Å². The minimum absolute atomic E-state index is 0.131. The fourth-order valence-corrected chi connectivity index (χ4v) is 4.99. The molecule has 0 unspecified atom stereocenters. The summed E-state index contributed by atoms with van der Waals surface area (Å²) in [6, 6.07) is 8.41. The van der Waals surface area contributed by atoms with Gasteiger partial charge in [0.05, 0.1) is 6.61 Å². The molecule has 2 aromatic rings. The number of aromatic nitrogens is 1. The predicted molar refractivity (Wildman–Crippen MR) is 103 cm³/mol. The normalized spacial score (nSPS) is 21.3. The molecule has 2 fully saturated rings. The highest BCUT2D eigenvalue weighted by atomic mass is 32.1. The van der Waals surface area contributed by atoms with Gasteiger partial charge in [-0.1, -0.05) is 24.3 Å². The van der Waals surface area contributed by atoms with Crippen molar-refractivity contribution in [2.24, 2.45) is 5.92 Å². The molecule has 1 atom stereocenters. The van der Waals surface area contributed by atoms with Gasteiger partial charge in [-0.05, 0) is 49.3 Å². The molecule has 0 amide bonds. The van der Waals surface area contributed by atoms with E-state index in [1.807, 2.05) is 23.5 Å². The first-order chi connectivity index (χ1) is 12.3. The SMILES string of the molecule is OCc1ccc(C[C@H]2CCN(Cc3cnc(N4CCCC4)s3)C2)cc1. The Morgan fingerprint density at radius 2 is 1.84 bits per heavy atom. The number of thiazole rings is 1. The molecule has 1 N–H and O–H groups in total. The Bertz CT molecular complexity index is 679. The summed E-state index contributed by atoms with van der Waals surface area (Å²) in [4.78, 5) is 11.0. The monoisotopic (exact) mass is 357 g/mol. The highest BCUT2D eigenvalue weighted by Crippen LogP contribution is 2.28. The number of anilines is 1. The number of benzene rings is 1. The Morgan fingerprint density at radius 3 is 2.60 bits per heavy atom. The molecule has 0 saturated carbocycles. The van der Waals surface area contributed by atoms with Crippen LogP contribution in [0.1, 0.15) is 35.3 Å². The first-order valence-corrected chi connectivity index (χ1v) is 10.2. The molecule has 2 saturated heterocycles. The van der Waals surface area contributed by atoms with E-state index in [9.17, 15) is 0 Å². The number of aliphatic hydroxyl groups excluding tert-OH is 1. The van der Waals surface area contributed by atoms with Gasteiger partial charge in [-0.15, -0.1) is 11.3 Å². The minimum Gasteiger partial charge on any atom is -0.392 e. The van der Waals surface area contributed by atoms with Gasteiger partial charge >= 0.3 is 0 Å². The van der Waals surface area contributed by atoms with Gasteiger partial charge in [0, 0.05) is 37.3 Å². The third kappa shape index (κ3) is 4.22. The molecule has 0 aliphatic carbocycles. The quantitative estimate of drug-likeness (QED) is 0.861. The molecule has 0 bridgehead atoms. The van der Waals surface area contributed by atoms with Crippen LogP contribution in [0.2, 0.25) is 0 Å². The maximum Gasteiger partial charge on any atom is 0.185 e. The van der Waals surface area contributed by atoms with Crippen LogP contribution < -0.4 is 4.90 Å². The van der Waals surface area contributed by atoms with E-state index in [4.69, 9.17) is 5.11 Å². The second-order valence-corrected chi connectivity index (χ2v) is 8.47. The molecular weight excluding hydrogens is 330 g/mol. The van der Waals surface area contributed by atoms with E-state index >= 15 is 0 Å². The molecule has 0 spiro atoms. The van der Waals surface area contributed by atoms with E-state index in [-0.39, 0.29) is 6.61 Å². The van der Waals surface area contributed by atoms with E-state index in [1.165, 1.54) is 61.0 Å². The average molecular weight is 358 g/mol. The molecular formula is C20H27N3OS. The van der Waals surface area contributed by atoms with Crippen LogP contribution in [0, 0.1) is 5.92 Å². The predicted octanol–water partition coefficient (Wildman–Crippen LogP) is 3.30. The van der Waals surface area contributed by atoms with Crippen LogP contribution in [0.25, 0.3) is 0 Å². The minimum atomic E-state index is 0.131. The van der Waals surface area contributed by atoms with Crippen LogP contribution in [0.3, 0.4) is 0 Å². The molecule has 134 valence electrons. The number of aliphatic hydroxyl groups is 1. The molecule has 4 rings (SSSR count). The molecule has 25 heavy (non-hydrogen) atoms. The molecule has 4 nitrogen and oxygen atoms in total. The smallest absolute Gasteiger partial charge is 0.185 e. The summed E-state index contributed by atoms with van der Waals surface area (Å²) in [6.07, 6.45) is 7.12. The van der Waals surface area contributed by atoms with Gasteiger partial charge < -0.3 is 10.0 Å². The molecule has 2 aliphatic rings. The van der Waals surface area contributed by atoms with Crippen molar-refractivity contribution in [3.05, 3.63) is 46.5 Å². The van der Waals surface area contributed by atoms with Gasteiger partial charge in [0.2, 0.25) is 0 Å². The third-order valence-corrected chi connectivity index (χ3v) is 6.44. The largest absolute Gasteiger partial charge is 0.392 e. The first kappa shape index (κ1) is 17.0.